The van der Waals surface area contributed by atoms with E-state index in [4.69, 9.17) is 4.99 Å². The Kier molecular flexibility index (Phi) is 11.9. The highest BCUT2D eigenvalue weighted by Crippen LogP contribution is 2.16. The van der Waals surface area contributed by atoms with E-state index in [-0.39, 0.29) is 36.5 Å². The first-order valence-electron chi connectivity index (χ1n) is 9.67. The molecule has 5 nitrogen and oxygen atoms in total. The molecule has 1 aromatic rings. The molecule has 2 rings (SSSR count). The highest BCUT2D eigenvalue weighted by Gasteiger charge is 2.19. The van der Waals surface area contributed by atoms with Crippen molar-refractivity contribution >= 4 is 29.9 Å². The first-order chi connectivity index (χ1) is 12.3. The highest BCUT2D eigenvalue weighted by atomic mass is 127. The summed E-state index contributed by atoms with van der Waals surface area (Å²) in [5, 5.41) is 16.5. The van der Waals surface area contributed by atoms with Gasteiger partial charge in [-0.05, 0) is 44.3 Å². The molecule has 1 aliphatic heterocycles. The average Bonchev–Trinajstić information content (AvgIpc) is 2.67. The molecule has 0 aliphatic carbocycles. The summed E-state index contributed by atoms with van der Waals surface area (Å²) in [7, 11) is 0. The van der Waals surface area contributed by atoms with Crippen LogP contribution in [0.1, 0.15) is 38.2 Å². The molecule has 1 heterocycles. The van der Waals surface area contributed by atoms with Crippen molar-refractivity contribution in [1.82, 2.24) is 15.5 Å². The minimum atomic E-state index is 0. The number of likely N-dealkylation sites (tertiary alicyclic amines) is 1. The fourth-order valence-corrected chi connectivity index (χ4v) is 3.38. The van der Waals surface area contributed by atoms with E-state index in [1.807, 2.05) is 18.2 Å². The van der Waals surface area contributed by atoms with Gasteiger partial charge in [0.25, 0.3) is 0 Å². The van der Waals surface area contributed by atoms with Crippen LogP contribution < -0.4 is 10.6 Å². The molecule has 148 valence electrons. The van der Waals surface area contributed by atoms with Crippen LogP contribution in [-0.4, -0.2) is 61.8 Å². The second kappa shape index (κ2) is 13.3. The van der Waals surface area contributed by atoms with Crippen LogP contribution >= 0.6 is 24.0 Å². The van der Waals surface area contributed by atoms with E-state index in [0.29, 0.717) is 12.5 Å². The Balaban J connectivity index is 0.00000338. The van der Waals surface area contributed by atoms with E-state index in [9.17, 15) is 5.11 Å². The van der Waals surface area contributed by atoms with Gasteiger partial charge in [-0.1, -0.05) is 37.3 Å². The first kappa shape index (κ1) is 23.2. The molecule has 6 heteroatoms. The predicted molar refractivity (Wildman–Crippen MR) is 121 cm³/mol. The second-order valence-electron chi connectivity index (χ2n) is 6.79. The van der Waals surface area contributed by atoms with Crippen molar-refractivity contribution in [3.63, 3.8) is 0 Å². The molecule has 2 atom stereocenters. The Bertz CT molecular complexity index is 512. The topological polar surface area (TPSA) is 59.9 Å². The van der Waals surface area contributed by atoms with Crippen molar-refractivity contribution in [2.75, 3.05) is 45.9 Å². The van der Waals surface area contributed by atoms with Crippen LogP contribution in [0.25, 0.3) is 0 Å². The maximum absolute atomic E-state index is 9.70. The van der Waals surface area contributed by atoms with E-state index in [0.717, 1.165) is 31.2 Å². The van der Waals surface area contributed by atoms with Gasteiger partial charge < -0.3 is 20.6 Å². The number of piperidine rings is 1. The number of nitrogens with one attached hydrogen (secondary N) is 2. The lowest BCUT2D eigenvalue weighted by Crippen LogP contribution is -2.44. The Labute approximate surface area is 175 Å². The number of hydrogen-bond acceptors (Lipinski definition) is 3. The van der Waals surface area contributed by atoms with E-state index >= 15 is 0 Å². The molecule has 26 heavy (non-hydrogen) atoms. The summed E-state index contributed by atoms with van der Waals surface area (Å²) in [6.07, 6.45) is 2.57. The smallest absolute Gasteiger partial charge is 0.191 e. The maximum atomic E-state index is 9.70. The summed E-state index contributed by atoms with van der Waals surface area (Å²) in [6.45, 7) is 10.4. The van der Waals surface area contributed by atoms with Crippen LogP contribution in [0.2, 0.25) is 0 Å². The Morgan fingerprint density at radius 3 is 2.69 bits per heavy atom. The van der Waals surface area contributed by atoms with Crippen LogP contribution in [0.4, 0.5) is 0 Å². The van der Waals surface area contributed by atoms with Gasteiger partial charge in [0.2, 0.25) is 0 Å². The molecule has 0 amide bonds. The number of guanidine groups is 1. The van der Waals surface area contributed by atoms with Gasteiger partial charge in [0, 0.05) is 25.6 Å². The quantitative estimate of drug-likeness (QED) is 0.308. The highest BCUT2D eigenvalue weighted by molar-refractivity contribution is 14.0. The number of benzene rings is 1. The van der Waals surface area contributed by atoms with Gasteiger partial charge >= 0.3 is 0 Å². The van der Waals surface area contributed by atoms with Gasteiger partial charge in [-0.3, -0.25) is 4.99 Å². The molecule has 1 aliphatic rings. The summed E-state index contributed by atoms with van der Waals surface area (Å²) in [4.78, 5) is 7.23. The van der Waals surface area contributed by atoms with Crippen molar-refractivity contribution in [1.29, 1.82) is 0 Å². The van der Waals surface area contributed by atoms with Gasteiger partial charge in [0.15, 0.2) is 5.96 Å². The normalized spacial score (nSPS) is 19.5. The van der Waals surface area contributed by atoms with Crippen LogP contribution in [0.3, 0.4) is 0 Å². The van der Waals surface area contributed by atoms with Crippen LogP contribution in [-0.2, 0) is 0 Å². The SMILES string of the molecule is CCNC(=NCC(CO)c1ccccc1)NCC1CCCN(CC)C1.I. The van der Waals surface area contributed by atoms with Gasteiger partial charge in [0.1, 0.15) is 0 Å². The average molecular weight is 474 g/mol. The Morgan fingerprint density at radius 2 is 2.04 bits per heavy atom. The minimum absolute atomic E-state index is 0. The lowest BCUT2D eigenvalue weighted by Gasteiger charge is -2.32. The monoisotopic (exact) mass is 474 g/mol. The molecule has 0 radical (unpaired) electrons. The van der Waals surface area contributed by atoms with Gasteiger partial charge in [0.05, 0.1) is 13.2 Å². The third-order valence-corrected chi connectivity index (χ3v) is 4.91. The van der Waals surface area contributed by atoms with Crippen molar-refractivity contribution < 1.29 is 5.11 Å². The van der Waals surface area contributed by atoms with Gasteiger partial charge in [-0.2, -0.15) is 0 Å². The van der Waals surface area contributed by atoms with Gasteiger partial charge in [-0.15, -0.1) is 24.0 Å². The number of aliphatic imine (C=N–C) groups is 1. The molecule has 1 saturated heterocycles. The Hall–Kier alpha value is -0.860. The zero-order valence-corrected chi connectivity index (χ0v) is 18.5. The number of aliphatic hydroxyl groups excluding tert-OH is 1. The third kappa shape index (κ3) is 7.80. The molecular weight excluding hydrogens is 439 g/mol. The van der Waals surface area contributed by atoms with Crippen LogP contribution in [0.5, 0.6) is 0 Å². The van der Waals surface area contributed by atoms with Crippen molar-refractivity contribution in [3.8, 4) is 0 Å². The fraction of sp³-hybridized carbons (Fsp3) is 0.650. The third-order valence-electron chi connectivity index (χ3n) is 4.91. The molecule has 3 N–H and O–H groups in total. The molecular formula is C20H35IN4O. The number of nitrogens with zero attached hydrogens (tertiary/aromatic N) is 2. The van der Waals surface area contributed by atoms with E-state index in [2.05, 4.69) is 41.5 Å². The zero-order valence-electron chi connectivity index (χ0n) is 16.2. The van der Waals surface area contributed by atoms with Crippen molar-refractivity contribution in [3.05, 3.63) is 35.9 Å². The molecule has 0 bridgehead atoms. The Morgan fingerprint density at radius 1 is 1.27 bits per heavy atom. The molecule has 2 unspecified atom stereocenters. The molecule has 1 aromatic carbocycles. The standard InChI is InChI=1S/C20H34N4O.HI/c1-3-21-20(22-13-17-9-8-12-24(4-2)15-17)23-14-19(16-25)18-10-6-5-7-11-18;/h5-7,10-11,17,19,25H,3-4,8-9,12-16H2,1-2H3,(H2,21,22,23);1H. The fourth-order valence-electron chi connectivity index (χ4n) is 3.38. The summed E-state index contributed by atoms with van der Waals surface area (Å²) < 4.78 is 0. The predicted octanol–water partition coefficient (Wildman–Crippen LogP) is 2.67. The lowest BCUT2D eigenvalue weighted by atomic mass is 9.98. The van der Waals surface area contributed by atoms with E-state index in [1.165, 1.54) is 25.9 Å². The number of aliphatic hydroxyl groups is 1. The largest absolute Gasteiger partial charge is 0.396 e. The maximum Gasteiger partial charge on any atom is 0.191 e. The second-order valence-corrected chi connectivity index (χ2v) is 6.79. The van der Waals surface area contributed by atoms with Crippen molar-refractivity contribution in [2.24, 2.45) is 10.9 Å². The summed E-state index contributed by atoms with van der Waals surface area (Å²) in [5.41, 5.74) is 1.13. The molecule has 1 fully saturated rings. The molecule has 0 spiro atoms. The van der Waals surface area contributed by atoms with Crippen LogP contribution in [0.15, 0.2) is 35.3 Å². The molecule has 0 saturated carbocycles. The number of hydrogen-bond donors (Lipinski definition) is 3. The number of halogens is 1. The van der Waals surface area contributed by atoms with Crippen molar-refractivity contribution in [2.45, 2.75) is 32.6 Å². The molecule has 0 aromatic heterocycles. The minimum Gasteiger partial charge on any atom is -0.396 e. The van der Waals surface area contributed by atoms with Gasteiger partial charge in [-0.25, -0.2) is 0 Å². The lowest BCUT2D eigenvalue weighted by molar-refractivity contribution is 0.183. The van der Waals surface area contributed by atoms with Crippen LogP contribution in [0, 0.1) is 5.92 Å². The zero-order chi connectivity index (χ0) is 17.9. The first-order valence-corrected chi connectivity index (χ1v) is 9.67. The summed E-state index contributed by atoms with van der Waals surface area (Å²) in [5.74, 6) is 1.58. The summed E-state index contributed by atoms with van der Waals surface area (Å²) in [6, 6.07) is 10.1. The number of rotatable bonds is 8. The van der Waals surface area contributed by atoms with E-state index < -0.39 is 0 Å². The summed E-state index contributed by atoms with van der Waals surface area (Å²) >= 11 is 0. The van der Waals surface area contributed by atoms with E-state index in [1.54, 1.807) is 0 Å².